The first-order valence-electron chi connectivity index (χ1n) is 13.9. The van der Waals surface area contributed by atoms with Gasteiger partial charge in [0.1, 0.15) is 5.76 Å². The molecular formula is C30H43NO4. The van der Waals surface area contributed by atoms with Crippen LogP contribution in [-0.2, 0) is 11.2 Å². The normalized spacial score (nSPS) is 50.0. The van der Waals surface area contributed by atoms with Crippen molar-refractivity contribution < 1.29 is 19.5 Å². The average Bonchev–Trinajstić information content (AvgIpc) is 3.23. The molecule has 0 amide bonds. The molecule has 1 aromatic rings. The molecule has 2 N–H and O–H groups in total. The van der Waals surface area contributed by atoms with Crippen LogP contribution in [0.4, 0.5) is 0 Å². The van der Waals surface area contributed by atoms with Crippen molar-refractivity contribution in [2.24, 2.45) is 44.8 Å². The standard InChI is InChI=1S/C30H43NO4/c1-17-19-7-8-28(5)22(27(19,4)14-18-16-31-35-24(17)18)13-21(32)23-20-15-26(2,3)9-11-30(20,25(33)34)12-10-29(23,28)6/h13,16-17,19-21,23,32H,7-12,14-15H2,1-6H3,(H,33,34)/t17-,19-,20-,21+,23-,27-,28+,29+,30-/m0/s1. The minimum Gasteiger partial charge on any atom is -0.481 e. The maximum atomic E-state index is 12.8. The minimum atomic E-state index is -0.694. The number of hydrogen-bond donors (Lipinski definition) is 2. The molecule has 35 heavy (non-hydrogen) atoms. The Kier molecular flexibility index (Phi) is 4.77. The van der Waals surface area contributed by atoms with Crippen LogP contribution in [-0.4, -0.2) is 27.4 Å². The summed E-state index contributed by atoms with van der Waals surface area (Å²) in [5, 5.41) is 26.6. The van der Waals surface area contributed by atoms with E-state index >= 15 is 0 Å². The van der Waals surface area contributed by atoms with Gasteiger partial charge in [0, 0.05) is 11.5 Å². The Morgan fingerprint density at radius 2 is 1.77 bits per heavy atom. The van der Waals surface area contributed by atoms with Crippen molar-refractivity contribution in [3.63, 3.8) is 0 Å². The van der Waals surface area contributed by atoms with Gasteiger partial charge in [-0.25, -0.2) is 0 Å². The number of nitrogens with zero attached hydrogens (tertiary/aromatic N) is 1. The Morgan fingerprint density at radius 1 is 1.06 bits per heavy atom. The van der Waals surface area contributed by atoms with Gasteiger partial charge in [0.25, 0.3) is 0 Å². The number of aromatic nitrogens is 1. The first kappa shape index (κ1) is 23.8. The summed E-state index contributed by atoms with van der Waals surface area (Å²) in [6, 6.07) is 0. The van der Waals surface area contributed by atoms with E-state index in [1.807, 2.05) is 6.20 Å². The molecule has 5 heteroatoms. The Bertz CT molecular complexity index is 1100. The van der Waals surface area contributed by atoms with Gasteiger partial charge in [-0.05, 0) is 90.8 Å². The van der Waals surface area contributed by atoms with E-state index in [9.17, 15) is 15.0 Å². The molecule has 0 spiro atoms. The molecule has 0 bridgehead atoms. The lowest BCUT2D eigenvalue weighted by Gasteiger charge is -2.70. The van der Waals surface area contributed by atoms with E-state index in [0.29, 0.717) is 11.8 Å². The smallest absolute Gasteiger partial charge is 0.309 e. The molecule has 192 valence electrons. The number of hydrogen-bond acceptors (Lipinski definition) is 4. The second-order valence-corrected chi connectivity index (χ2v) is 14.5. The number of fused-ring (bicyclic) bond motifs is 8. The van der Waals surface area contributed by atoms with Gasteiger partial charge in [0.15, 0.2) is 0 Å². The lowest BCUT2D eigenvalue weighted by Crippen LogP contribution is -2.66. The number of aliphatic hydroxyl groups excluding tert-OH is 1. The van der Waals surface area contributed by atoms with E-state index in [1.54, 1.807) is 0 Å². The van der Waals surface area contributed by atoms with E-state index in [-0.39, 0.29) is 33.5 Å². The van der Waals surface area contributed by atoms with Crippen LogP contribution in [0.1, 0.15) is 104 Å². The summed E-state index contributed by atoms with van der Waals surface area (Å²) >= 11 is 0. The van der Waals surface area contributed by atoms with Crippen molar-refractivity contribution in [2.75, 3.05) is 0 Å². The van der Waals surface area contributed by atoms with Gasteiger partial charge < -0.3 is 14.7 Å². The van der Waals surface area contributed by atoms with Crippen LogP contribution in [0.25, 0.3) is 0 Å². The molecule has 5 aliphatic rings. The van der Waals surface area contributed by atoms with Crippen molar-refractivity contribution in [1.29, 1.82) is 0 Å². The Labute approximate surface area is 209 Å². The molecule has 6 rings (SSSR count). The van der Waals surface area contributed by atoms with Crippen LogP contribution in [0.5, 0.6) is 0 Å². The van der Waals surface area contributed by atoms with Crippen molar-refractivity contribution in [1.82, 2.24) is 5.16 Å². The third-order valence-corrected chi connectivity index (χ3v) is 12.6. The number of allylic oxidation sites excluding steroid dienone is 1. The Morgan fingerprint density at radius 3 is 2.49 bits per heavy atom. The molecule has 0 aliphatic heterocycles. The number of carbonyl (C=O) groups is 1. The molecule has 5 aliphatic carbocycles. The number of aliphatic carboxylic acids is 1. The second-order valence-electron chi connectivity index (χ2n) is 14.5. The molecule has 1 aromatic heterocycles. The zero-order valence-electron chi connectivity index (χ0n) is 22.4. The van der Waals surface area contributed by atoms with Gasteiger partial charge in [-0.3, -0.25) is 4.79 Å². The highest BCUT2D eigenvalue weighted by Gasteiger charge is 2.70. The zero-order valence-corrected chi connectivity index (χ0v) is 22.4. The van der Waals surface area contributed by atoms with Gasteiger partial charge in [0.05, 0.1) is 17.7 Å². The minimum absolute atomic E-state index is 0.00705. The first-order valence-corrected chi connectivity index (χ1v) is 13.9. The van der Waals surface area contributed by atoms with E-state index in [0.717, 1.165) is 57.1 Å². The predicted octanol–water partition coefficient (Wildman–Crippen LogP) is 6.37. The Balaban J connectivity index is 1.49. The number of rotatable bonds is 1. The predicted molar refractivity (Wildman–Crippen MR) is 134 cm³/mol. The van der Waals surface area contributed by atoms with E-state index in [4.69, 9.17) is 4.52 Å². The van der Waals surface area contributed by atoms with Crippen LogP contribution < -0.4 is 0 Å². The third kappa shape index (κ3) is 2.80. The molecule has 5 nitrogen and oxygen atoms in total. The maximum absolute atomic E-state index is 12.8. The molecule has 1 heterocycles. The van der Waals surface area contributed by atoms with Crippen molar-refractivity contribution in [3.05, 3.63) is 29.2 Å². The fourth-order valence-electron chi connectivity index (χ4n) is 10.5. The van der Waals surface area contributed by atoms with Crippen LogP contribution in [0, 0.1) is 44.8 Å². The zero-order chi connectivity index (χ0) is 25.2. The highest BCUT2D eigenvalue weighted by atomic mass is 16.5. The maximum Gasteiger partial charge on any atom is 0.309 e. The summed E-state index contributed by atoms with van der Waals surface area (Å²) in [6.45, 7) is 14.1. The van der Waals surface area contributed by atoms with Crippen LogP contribution in [0.2, 0.25) is 0 Å². The summed E-state index contributed by atoms with van der Waals surface area (Å²) in [6.07, 6.45) is 10.8. The van der Waals surface area contributed by atoms with Gasteiger partial charge in [-0.1, -0.05) is 58.3 Å². The van der Waals surface area contributed by atoms with Crippen LogP contribution in [0.3, 0.4) is 0 Å². The highest BCUT2D eigenvalue weighted by molar-refractivity contribution is 5.75. The molecule has 0 aromatic carbocycles. The van der Waals surface area contributed by atoms with Gasteiger partial charge in [0.2, 0.25) is 0 Å². The number of carboxylic acid groups (broad SMARTS) is 1. The summed E-state index contributed by atoms with van der Waals surface area (Å²) in [5.41, 5.74) is 1.82. The fraction of sp³-hybridized carbons (Fsp3) is 0.800. The number of aliphatic hydroxyl groups is 1. The summed E-state index contributed by atoms with van der Waals surface area (Å²) in [7, 11) is 0. The molecule has 3 saturated carbocycles. The van der Waals surface area contributed by atoms with Gasteiger partial charge in [-0.2, -0.15) is 0 Å². The molecular weight excluding hydrogens is 438 g/mol. The quantitative estimate of drug-likeness (QED) is 0.455. The largest absolute Gasteiger partial charge is 0.481 e. The molecule has 3 fully saturated rings. The van der Waals surface area contributed by atoms with Crippen LogP contribution >= 0.6 is 0 Å². The van der Waals surface area contributed by atoms with Crippen molar-refractivity contribution >= 4 is 5.97 Å². The van der Waals surface area contributed by atoms with Crippen molar-refractivity contribution in [3.8, 4) is 0 Å². The lowest BCUT2D eigenvalue weighted by atomic mass is 9.34. The second kappa shape index (κ2) is 7.02. The number of carboxylic acids is 1. The fourth-order valence-corrected chi connectivity index (χ4v) is 10.5. The monoisotopic (exact) mass is 481 g/mol. The van der Waals surface area contributed by atoms with E-state index in [1.165, 1.54) is 11.1 Å². The lowest BCUT2D eigenvalue weighted by molar-refractivity contribution is -0.201. The molecule has 0 radical (unpaired) electrons. The molecule has 9 atom stereocenters. The van der Waals surface area contributed by atoms with E-state index in [2.05, 4.69) is 52.8 Å². The van der Waals surface area contributed by atoms with Crippen LogP contribution in [0.15, 0.2) is 22.4 Å². The van der Waals surface area contributed by atoms with E-state index < -0.39 is 17.5 Å². The van der Waals surface area contributed by atoms with Crippen molar-refractivity contribution in [2.45, 2.75) is 105 Å². The Hall–Kier alpha value is -1.62. The average molecular weight is 482 g/mol. The highest BCUT2D eigenvalue weighted by Crippen LogP contribution is 2.74. The summed E-state index contributed by atoms with van der Waals surface area (Å²) in [4.78, 5) is 12.8. The van der Waals surface area contributed by atoms with Gasteiger partial charge in [-0.15, -0.1) is 0 Å². The summed E-state index contributed by atoms with van der Waals surface area (Å²) < 4.78 is 5.69. The topological polar surface area (TPSA) is 83.6 Å². The first-order chi connectivity index (χ1) is 16.3. The summed E-state index contributed by atoms with van der Waals surface area (Å²) in [5.74, 6) is 1.17. The molecule has 0 saturated heterocycles. The van der Waals surface area contributed by atoms with Gasteiger partial charge >= 0.3 is 5.97 Å². The third-order valence-electron chi connectivity index (χ3n) is 12.6. The SMILES string of the molecule is C[C@@H]1c2oncc2C[C@]2(C)C3=C[C@@H](O)[C@@H]4[C@@H]5CC(C)(C)CC[C@]5(C(=O)O)CC[C@@]4(C)[C@]3(C)CC[C@@H]12. The molecule has 0 unspecified atom stereocenters.